The number of hydrogen-bond donors (Lipinski definition) is 1. The van der Waals surface area contributed by atoms with E-state index in [2.05, 4.69) is 52.1 Å². The summed E-state index contributed by atoms with van der Waals surface area (Å²) in [5.41, 5.74) is 9.01. The summed E-state index contributed by atoms with van der Waals surface area (Å²) in [6.07, 6.45) is 11.6. The van der Waals surface area contributed by atoms with E-state index in [1.807, 2.05) is 0 Å². The summed E-state index contributed by atoms with van der Waals surface area (Å²) in [6, 6.07) is 5.31. The Kier molecular flexibility index (Phi) is 7.69. The van der Waals surface area contributed by atoms with Gasteiger partial charge < -0.3 is 5.32 Å². The lowest BCUT2D eigenvalue weighted by Gasteiger charge is -2.22. The minimum absolute atomic E-state index is 0.491. The number of nitrogens with zero attached hydrogens (tertiary/aromatic N) is 2. The van der Waals surface area contributed by atoms with Crippen molar-refractivity contribution in [3.8, 4) is 11.3 Å². The monoisotopic (exact) mass is 393 g/mol. The van der Waals surface area contributed by atoms with Crippen molar-refractivity contribution < 1.29 is 0 Å². The fourth-order valence-corrected chi connectivity index (χ4v) is 4.67. The first-order valence-corrected chi connectivity index (χ1v) is 11.9. The van der Waals surface area contributed by atoms with Gasteiger partial charge >= 0.3 is 0 Å². The van der Waals surface area contributed by atoms with Crippen molar-refractivity contribution in [2.24, 2.45) is 0 Å². The van der Waals surface area contributed by atoms with Gasteiger partial charge in [-0.1, -0.05) is 46.6 Å². The maximum absolute atomic E-state index is 5.19. The summed E-state index contributed by atoms with van der Waals surface area (Å²) in [5.74, 6) is 1.01. The second kappa shape index (κ2) is 10.2. The largest absolute Gasteiger partial charge is 0.366 e. The third kappa shape index (κ3) is 4.99. The van der Waals surface area contributed by atoms with Crippen LogP contribution in [0.4, 0.5) is 5.82 Å². The van der Waals surface area contributed by atoms with Gasteiger partial charge in [-0.3, -0.25) is 0 Å². The molecule has 0 saturated carbocycles. The van der Waals surface area contributed by atoms with Crippen molar-refractivity contribution in [3.05, 3.63) is 40.2 Å². The highest BCUT2D eigenvalue weighted by atomic mass is 15.1. The van der Waals surface area contributed by atoms with Crippen LogP contribution in [-0.4, -0.2) is 16.0 Å². The fraction of sp³-hybridized carbons (Fsp3) is 0.615. The Labute approximate surface area is 177 Å². The number of nitrogens with one attached hydrogen (secondary N) is 1. The first-order chi connectivity index (χ1) is 14.1. The molecule has 0 unspecified atom stereocenters. The van der Waals surface area contributed by atoms with Gasteiger partial charge in [-0.2, -0.15) is 0 Å². The number of rotatable bonds is 9. The van der Waals surface area contributed by atoms with Gasteiger partial charge in [0.1, 0.15) is 5.82 Å². The Morgan fingerprint density at radius 2 is 1.48 bits per heavy atom. The van der Waals surface area contributed by atoms with E-state index in [-0.39, 0.29) is 0 Å². The summed E-state index contributed by atoms with van der Waals surface area (Å²) in [5, 5.41) is 3.74. The third-order valence-corrected chi connectivity index (χ3v) is 6.27. The Morgan fingerprint density at radius 1 is 0.862 bits per heavy atom. The van der Waals surface area contributed by atoms with Gasteiger partial charge in [0.15, 0.2) is 0 Å². The lowest BCUT2D eigenvalue weighted by Crippen LogP contribution is -2.22. The maximum Gasteiger partial charge on any atom is 0.148 e. The van der Waals surface area contributed by atoms with Crippen LogP contribution in [0.5, 0.6) is 0 Å². The van der Waals surface area contributed by atoms with E-state index in [1.165, 1.54) is 68.1 Å². The minimum Gasteiger partial charge on any atom is -0.366 e. The Morgan fingerprint density at radius 3 is 2.07 bits per heavy atom. The minimum atomic E-state index is 0.491. The molecule has 3 rings (SSSR count). The number of aryl methyl sites for hydroxylation is 5. The highest BCUT2D eigenvalue weighted by Crippen LogP contribution is 2.33. The summed E-state index contributed by atoms with van der Waals surface area (Å²) < 4.78 is 0. The standard InChI is InChI=1S/C26H39N3/c1-6-12-21(13-7-2)27-26-24(9-4)28-25(23(8-3)29-26)22-17-20-15-11-10-14-19(20)16-18(22)5/h16-17,21H,6-15H2,1-5H3,(H,27,29). The van der Waals surface area contributed by atoms with Gasteiger partial charge in [0.2, 0.25) is 0 Å². The number of anilines is 1. The molecule has 0 fully saturated rings. The smallest absolute Gasteiger partial charge is 0.148 e. The second-order valence-electron chi connectivity index (χ2n) is 8.58. The van der Waals surface area contributed by atoms with Crippen LogP contribution < -0.4 is 5.32 Å². The molecule has 1 aliphatic rings. The number of aromatic nitrogens is 2. The summed E-state index contributed by atoms with van der Waals surface area (Å²) in [4.78, 5) is 10.3. The molecule has 3 heteroatoms. The van der Waals surface area contributed by atoms with E-state index < -0.39 is 0 Å². The SMILES string of the molecule is CCCC(CCC)Nc1nc(CC)c(-c2cc3c(cc2C)CCCC3)nc1CC. The lowest BCUT2D eigenvalue weighted by atomic mass is 9.87. The highest BCUT2D eigenvalue weighted by molar-refractivity contribution is 5.69. The van der Waals surface area contributed by atoms with Crippen molar-refractivity contribution in [1.29, 1.82) is 0 Å². The zero-order chi connectivity index (χ0) is 20.8. The van der Waals surface area contributed by atoms with Crippen molar-refractivity contribution in [3.63, 3.8) is 0 Å². The second-order valence-corrected chi connectivity index (χ2v) is 8.58. The predicted molar refractivity (Wildman–Crippen MR) is 125 cm³/mol. The van der Waals surface area contributed by atoms with E-state index in [4.69, 9.17) is 9.97 Å². The van der Waals surface area contributed by atoms with Crippen LogP contribution in [0, 0.1) is 6.92 Å². The van der Waals surface area contributed by atoms with Crippen LogP contribution in [0.3, 0.4) is 0 Å². The molecule has 3 nitrogen and oxygen atoms in total. The van der Waals surface area contributed by atoms with E-state index in [0.717, 1.165) is 35.7 Å². The summed E-state index contributed by atoms with van der Waals surface area (Å²) in [6.45, 7) is 11.2. The molecule has 0 bridgehead atoms. The number of fused-ring (bicyclic) bond motifs is 1. The van der Waals surface area contributed by atoms with Crippen LogP contribution in [-0.2, 0) is 25.7 Å². The van der Waals surface area contributed by atoms with Gasteiger partial charge in [0, 0.05) is 11.6 Å². The molecule has 158 valence electrons. The van der Waals surface area contributed by atoms with Gasteiger partial charge in [-0.15, -0.1) is 0 Å². The fourth-order valence-electron chi connectivity index (χ4n) is 4.67. The predicted octanol–water partition coefficient (Wildman–Crippen LogP) is 6.84. The molecule has 2 aromatic rings. The molecule has 1 N–H and O–H groups in total. The molecule has 1 heterocycles. The lowest BCUT2D eigenvalue weighted by molar-refractivity contribution is 0.583. The molecular formula is C26H39N3. The molecule has 0 atom stereocenters. The Balaban J connectivity index is 2.02. The molecule has 1 aromatic carbocycles. The van der Waals surface area contributed by atoms with Crippen molar-refractivity contribution in [2.45, 2.75) is 105 Å². The molecule has 0 saturated heterocycles. The van der Waals surface area contributed by atoms with Crippen molar-refractivity contribution in [1.82, 2.24) is 9.97 Å². The topological polar surface area (TPSA) is 37.8 Å². The first-order valence-electron chi connectivity index (χ1n) is 11.9. The van der Waals surface area contributed by atoms with Crippen LogP contribution in [0.1, 0.15) is 94.3 Å². The zero-order valence-corrected chi connectivity index (χ0v) is 19.2. The quantitative estimate of drug-likeness (QED) is 0.507. The zero-order valence-electron chi connectivity index (χ0n) is 19.2. The first kappa shape index (κ1) is 21.8. The molecule has 0 amide bonds. The van der Waals surface area contributed by atoms with E-state index >= 15 is 0 Å². The Hall–Kier alpha value is -1.90. The number of hydrogen-bond acceptors (Lipinski definition) is 3. The van der Waals surface area contributed by atoms with Crippen LogP contribution in [0.2, 0.25) is 0 Å². The average molecular weight is 394 g/mol. The molecule has 0 radical (unpaired) electrons. The normalized spacial score (nSPS) is 13.6. The summed E-state index contributed by atoms with van der Waals surface area (Å²) >= 11 is 0. The molecule has 1 aromatic heterocycles. The van der Waals surface area contributed by atoms with Crippen LogP contribution in [0.25, 0.3) is 11.3 Å². The van der Waals surface area contributed by atoms with E-state index in [1.54, 1.807) is 5.56 Å². The summed E-state index contributed by atoms with van der Waals surface area (Å²) in [7, 11) is 0. The van der Waals surface area contributed by atoms with Gasteiger partial charge in [0.05, 0.1) is 17.1 Å². The Bertz CT molecular complexity index is 819. The highest BCUT2D eigenvalue weighted by Gasteiger charge is 2.19. The van der Waals surface area contributed by atoms with Crippen molar-refractivity contribution >= 4 is 5.82 Å². The van der Waals surface area contributed by atoms with Gasteiger partial charge in [0.25, 0.3) is 0 Å². The molecule has 1 aliphatic carbocycles. The molecular weight excluding hydrogens is 354 g/mol. The molecule has 29 heavy (non-hydrogen) atoms. The molecule has 0 spiro atoms. The average Bonchev–Trinajstić information content (AvgIpc) is 2.73. The van der Waals surface area contributed by atoms with Crippen LogP contribution >= 0.6 is 0 Å². The van der Waals surface area contributed by atoms with Gasteiger partial charge in [-0.25, -0.2) is 9.97 Å². The van der Waals surface area contributed by atoms with Crippen LogP contribution in [0.15, 0.2) is 12.1 Å². The van der Waals surface area contributed by atoms with E-state index in [0.29, 0.717) is 6.04 Å². The van der Waals surface area contributed by atoms with E-state index in [9.17, 15) is 0 Å². The van der Waals surface area contributed by atoms with Crippen molar-refractivity contribution in [2.75, 3.05) is 5.32 Å². The molecule has 0 aliphatic heterocycles. The number of benzene rings is 1. The third-order valence-electron chi connectivity index (χ3n) is 6.27. The van der Waals surface area contributed by atoms with Gasteiger partial charge in [-0.05, 0) is 81.0 Å². The maximum atomic E-state index is 5.19.